The van der Waals surface area contributed by atoms with Crippen LogP contribution in [0.1, 0.15) is 22.7 Å². The molecule has 0 saturated carbocycles. The summed E-state index contributed by atoms with van der Waals surface area (Å²) in [6, 6.07) is 12.6. The van der Waals surface area contributed by atoms with Crippen LogP contribution in [0.25, 0.3) is 5.76 Å². The first-order chi connectivity index (χ1) is 15.4. The van der Waals surface area contributed by atoms with Gasteiger partial charge in [-0.25, -0.2) is 4.39 Å². The zero-order valence-electron chi connectivity index (χ0n) is 16.5. The third kappa shape index (κ3) is 3.83. The van der Waals surface area contributed by atoms with Gasteiger partial charge in [-0.3, -0.25) is 24.7 Å². The van der Waals surface area contributed by atoms with E-state index in [2.05, 4.69) is 4.98 Å². The van der Waals surface area contributed by atoms with Crippen molar-refractivity contribution in [1.29, 1.82) is 0 Å². The number of pyridine rings is 1. The molecule has 3 aromatic rings. The number of nitro benzene ring substituents is 1. The van der Waals surface area contributed by atoms with Crippen molar-refractivity contribution < 1.29 is 24.0 Å². The number of benzene rings is 2. The molecule has 0 radical (unpaired) electrons. The van der Waals surface area contributed by atoms with Crippen LogP contribution in [0.3, 0.4) is 0 Å². The van der Waals surface area contributed by atoms with E-state index in [1.165, 1.54) is 47.5 Å². The van der Waals surface area contributed by atoms with Crippen molar-refractivity contribution >= 4 is 23.1 Å². The minimum Gasteiger partial charge on any atom is -0.507 e. The van der Waals surface area contributed by atoms with Crippen molar-refractivity contribution in [3.05, 3.63) is 111 Å². The Morgan fingerprint density at radius 3 is 2.53 bits per heavy atom. The fraction of sp³-hybridized carbons (Fsp3) is 0.0870. The Balaban J connectivity index is 1.89. The molecule has 0 spiro atoms. The van der Waals surface area contributed by atoms with Crippen LogP contribution >= 0.6 is 0 Å². The number of likely N-dealkylation sites (tertiary alicyclic amines) is 1. The highest BCUT2D eigenvalue weighted by atomic mass is 19.1. The van der Waals surface area contributed by atoms with E-state index < -0.39 is 34.2 Å². The molecule has 1 atom stereocenters. The summed E-state index contributed by atoms with van der Waals surface area (Å²) in [6.45, 7) is -0.00797. The number of aliphatic hydroxyl groups is 1. The van der Waals surface area contributed by atoms with Crippen molar-refractivity contribution in [2.45, 2.75) is 12.6 Å². The molecule has 1 aromatic heterocycles. The van der Waals surface area contributed by atoms with Gasteiger partial charge in [0, 0.05) is 36.6 Å². The first kappa shape index (κ1) is 20.9. The van der Waals surface area contributed by atoms with E-state index in [0.29, 0.717) is 5.56 Å². The van der Waals surface area contributed by atoms with E-state index in [0.717, 1.165) is 12.1 Å². The number of carbonyl (C=O) groups is 2. The molecule has 0 bridgehead atoms. The van der Waals surface area contributed by atoms with E-state index in [1.807, 2.05) is 0 Å². The van der Waals surface area contributed by atoms with Crippen molar-refractivity contribution in [2.75, 3.05) is 0 Å². The number of Topliss-reactive ketones (excluding diaryl/α,β-unsaturated/α-hetero) is 1. The maximum Gasteiger partial charge on any atom is 0.295 e. The minimum absolute atomic E-state index is 0.00797. The molecule has 1 amide bonds. The van der Waals surface area contributed by atoms with Gasteiger partial charge in [0.15, 0.2) is 0 Å². The normalized spacial score (nSPS) is 17.5. The molecule has 160 valence electrons. The molecule has 2 heterocycles. The van der Waals surface area contributed by atoms with Crippen LogP contribution in [-0.4, -0.2) is 31.6 Å². The fourth-order valence-corrected chi connectivity index (χ4v) is 3.65. The topological polar surface area (TPSA) is 114 Å². The molecule has 4 rings (SSSR count). The van der Waals surface area contributed by atoms with Crippen molar-refractivity contribution in [2.24, 2.45) is 0 Å². The SMILES string of the molecule is O=C1C(=O)N(Cc2cccnc2)[C@H](c2cccc([N+](=O)[O-])c2)C1=C(O)c1ccc(F)cc1. The van der Waals surface area contributed by atoms with Crippen molar-refractivity contribution in [3.8, 4) is 0 Å². The number of aromatic nitrogens is 1. The third-order valence-electron chi connectivity index (χ3n) is 5.13. The third-order valence-corrected chi connectivity index (χ3v) is 5.13. The van der Waals surface area contributed by atoms with Crippen LogP contribution < -0.4 is 0 Å². The second-order valence-electron chi connectivity index (χ2n) is 7.15. The maximum absolute atomic E-state index is 13.3. The fourth-order valence-electron chi connectivity index (χ4n) is 3.65. The highest BCUT2D eigenvalue weighted by Gasteiger charge is 2.46. The number of halogens is 1. The molecule has 1 aliphatic rings. The molecule has 1 fully saturated rings. The molecule has 0 aliphatic carbocycles. The van der Waals surface area contributed by atoms with Crippen LogP contribution in [0.5, 0.6) is 0 Å². The van der Waals surface area contributed by atoms with Gasteiger partial charge in [-0.05, 0) is 41.5 Å². The van der Waals surface area contributed by atoms with Crippen LogP contribution in [-0.2, 0) is 16.1 Å². The quantitative estimate of drug-likeness (QED) is 0.216. The predicted octanol–water partition coefficient (Wildman–Crippen LogP) is 3.75. The number of hydrogen-bond acceptors (Lipinski definition) is 6. The number of non-ortho nitro benzene ring substituents is 1. The van der Waals surface area contributed by atoms with Gasteiger partial charge >= 0.3 is 0 Å². The van der Waals surface area contributed by atoms with Crippen LogP contribution in [0, 0.1) is 15.9 Å². The summed E-state index contributed by atoms with van der Waals surface area (Å²) < 4.78 is 13.3. The number of rotatable bonds is 5. The Bertz CT molecular complexity index is 1240. The highest BCUT2D eigenvalue weighted by Crippen LogP contribution is 2.41. The Hall–Kier alpha value is -4.40. The van der Waals surface area contributed by atoms with Gasteiger partial charge in [0.05, 0.1) is 16.5 Å². The Labute approximate surface area is 181 Å². The summed E-state index contributed by atoms with van der Waals surface area (Å²) in [5.41, 5.74) is 0.598. The molecule has 1 aliphatic heterocycles. The molecular formula is C23H16FN3O5. The minimum atomic E-state index is -1.08. The smallest absolute Gasteiger partial charge is 0.295 e. The summed E-state index contributed by atoms with van der Waals surface area (Å²) in [7, 11) is 0. The standard InChI is InChI=1S/C23H16FN3O5/c24-17-8-6-15(7-9-17)21(28)19-20(16-4-1-5-18(11-16)27(31)32)26(23(30)22(19)29)13-14-3-2-10-25-12-14/h1-12,20,28H,13H2/t20-/m1/s1. The number of nitro groups is 1. The predicted molar refractivity (Wildman–Crippen MR) is 112 cm³/mol. The zero-order chi connectivity index (χ0) is 22.8. The Kier molecular flexibility index (Phi) is 5.46. The van der Waals surface area contributed by atoms with Crippen LogP contribution in [0.15, 0.2) is 78.6 Å². The average molecular weight is 433 g/mol. The molecule has 0 unspecified atom stereocenters. The first-order valence-electron chi connectivity index (χ1n) is 9.54. The summed E-state index contributed by atoms with van der Waals surface area (Å²) in [5, 5.41) is 22.2. The van der Waals surface area contributed by atoms with Crippen LogP contribution in [0.4, 0.5) is 10.1 Å². The summed E-state index contributed by atoms with van der Waals surface area (Å²) in [6.07, 6.45) is 3.09. The molecule has 1 N–H and O–H groups in total. The lowest BCUT2D eigenvalue weighted by Crippen LogP contribution is -2.29. The second-order valence-corrected chi connectivity index (χ2v) is 7.15. The summed E-state index contributed by atoms with van der Waals surface area (Å²) in [5.74, 6) is -2.83. The maximum atomic E-state index is 13.3. The molecule has 2 aromatic carbocycles. The first-order valence-corrected chi connectivity index (χ1v) is 9.54. The summed E-state index contributed by atoms with van der Waals surface area (Å²) >= 11 is 0. The van der Waals surface area contributed by atoms with Crippen molar-refractivity contribution in [3.63, 3.8) is 0 Å². The molecule has 8 nitrogen and oxygen atoms in total. The summed E-state index contributed by atoms with van der Waals surface area (Å²) in [4.78, 5) is 41.8. The van der Waals surface area contributed by atoms with Gasteiger partial charge in [-0.2, -0.15) is 0 Å². The van der Waals surface area contributed by atoms with E-state index in [9.17, 15) is 29.2 Å². The largest absolute Gasteiger partial charge is 0.507 e. The zero-order valence-corrected chi connectivity index (χ0v) is 16.5. The number of nitrogens with zero attached hydrogens (tertiary/aromatic N) is 3. The number of ketones is 1. The van der Waals surface area contributed by atoms with Gasteiger partial charge in [0.25, 0.3) is 17.4 Å². The monoisotopic (exact) mass is 433 g/mol. The van der Waals surface area contributed by atoms with Gasteiger partial charge < -0.3 is 10.0 Å². The molecule has 9 heteroatoms. The number of hydrogen-bond donors (Lipinski definition) is 1. The van der Waals surface area contributed by atoms with E-state index in [-0.39, 0.29) is 28.9 Å². The molecular weight excluding hydrogens is 417 g/mol. The van der Waals surface area contributed by atoms with Crippen LogP contribution in [0.2, 0.25) is 0 Å². The van der Waals surface area contributed by atoms with Gasteiger partial charge in [0.2, 0.25) is 0 Å². The lowest BCUT2D eigenvalue weighted by molar-refractivity contribution is -0.384. The van der Waals surface area contributed by atoms with Crippen molar-refractivity contribution in [1.82, 2.24) is 9.88 Å². The van der Waals surface area contributed by atoms with Gasteiger partial charge in [-0.15, -0.1) is 0 Å². The van der Waals surface area contributed by atoms with E-state index >= 15 is 0 Å². The number of carbonyl (C=O) groups excluding carboxylic acids is 2. The average Bonchev–Trinajstić information content (AvgIpc) is 3.05. The van der Waals surface area contributed by atoms with Gasteiger partial charge in [-0.1, -0.05) is 18.2 Å². The Morgan fingerprint density at radius 2 is 1.88 bits per heavy atom. The van der Waals surface area contributed by atoms with E-state index in [1.54, 1.807) is 18.3 Å². The second kappa shape index (κ2) is 8.38. The number of aliphatic hydroxyl groups excluding tert-OH is 1. The number of amides is 1. The lowest BCUT2D eigenvalue weighted by Gasteiger charge is -2.25. The molecule has 32 heavy (non-hydrogen) atoms. The Morgan fingerprint density at radius 1 is 1.12 bits per heavy atom. The lowest BCUT2D eigenvalue weighted by atomic mass is 9.95. The highest BCUT2D eigenvalue weighted by molar-refractivity contribution is 6.46. The van der Waals surface area contributed by atoms with E-state index in [4.69, 9.17) is 0 Å². The molecule has 1 saturated heterocycles. The van der Waals surface area contributed by atoms with Gasteiger partial charge in [0.1, 0.15) is 11.6 Å².